The van der Waals surface area contributed by atoms with Crippen molar-refractivity contribution in [1.82, 2.24) is 5.32 Å². The third-order valence-electron chi connectivity index (χ3n) is 4.16. The van der Waals surface area contributed by atoms with Crippen LogP contribution in [0.3, 0.4) is 0 Å². The molecular weight excluding hydrogens is 392 g/mol. The fourth-order valence-corrected chi connectivity index (χ4v) is 3.17. The zero-order valence-corrected chi connectivity index (χ0v) is 15.3. The molecule has 0 fully saturated rings. The Labute approximate surface area is 164 Å². The smallest absolute Gasteiger partial charge is 0.312 e. The molecule has 1 aliphatic heterocycles. The molecule has 9 heteroatoms. The van der Waals surface area contributed by atoms with Crippen molar-refractivity contribution in [3.05, 3.63) is 65.2 Å². The number of amides is 3. The fraction of sp³-hybridized carbons (Fsp3) is 0.158. The van der Waals surface area contributed by atoms with Crippen LogP contribution in [0.15, 0.2) is 43.0 Å². The average Bonchev–Trinajstić information content (AvgIpc) is 2.63. The number of benzene rings is 2. The van der Waals surface area contributed by atoms with Crippen LogP contribution in [0.5, 0.6) is 11.5 Å². The number of hydrogen-bond donors (Lipinski definition) is 2. The third-order valence-corrected chi connectivity index (χ3v) is 4.47. The maximum absolute atomic E-state index is 14.6. The maximum atomic E-state index is 14.6. The quantitative estimate of drug-likeness (QED) is 0.744. The summed E-state index contributed by atoms with van der Waals surface area (Å²) in [4.78, 5) is 25.2. The van der Waals surface area contributed by atoms with Crippen molar-refractivity contribution < 1.29 is 23.1 Å². The summed E-state index contributed by atoms with van der Waals surface area (Å²) < 4.78 is 33.8. The Bertz CT molecular complexity index is 968. The van der Waals surface area contributed by atoms with E-state index in [4.69, 9.17) is 22.1 Å². The minimum absolute atomic E-state index is 0.0273. The highest BCUT2D eigenvalue weighted by Crippen LogP contribution is 2.42. The van der Waals surface area contributed by atoms with E-state index in [0.717, 1.165) is 18.2 Å². The van der Waals surface area contributed by atoms with Gasteiger partial charge in [0.25, 0.3) is 0 Å². The maximum Gasteiger partial charge on any atom is 0.312 e. The fourth-order valence-electron chi connectivity index (χ4n) is 3.01. The van der Waals surface area contributed by atoms with Crippen molar-refractivity contribution in [2.45, 2.75) is 12.5 Å². The predicted octanol–water partition coefficient (Wildman–Crippen LogP) is 3.52. The van der Waals surface area contributed by atoms with Gasteiger partial charge in [0.2, 0.25) is 5.91 Å². The first-order valence-corrected chi connectivity index (χ1v) is 8.62. The number of primary amides is 1. The first-order chi connectivity index (χ1) is 13.3. The molecule has 3 N–H and O–H groups in total. The number of fused-ring (bicyclic) bond motifs is 1. The van der Waals surface area contributed by atoms with Crippen LogP contribution in [0.2, 0.25) is 5.02 Å². The van der Waals surface area contributed by atoms with Gasteiger partial charge in [-0.05, 0) is 23.8 Å². The van der Waals surface area contributed by atoms with E-state index in [1.807, 2.05) is 0 Å². The lowest BCUT2D eigenvalue weighted by atomic mass is 9.96. The highest BCUT2D eigenvalue weighted by atomic mass is 35.5. The van der Waals surface area contributed by atoms with Crippen molar-refractivity contribution in [3.63, 3.8) is 0 Å². The average molecular weight is 408 g/mol. The van der Waals surface area contributed by atoms with E-state index < -0.39 is 29.6 Å². The van der Waals surface area contributed by atoms with Gasteiger partial charge in [-0.2, -0.15) is 0 Å². The predicted molar refractivity (Wildman–Crippen MR) is 101 cm³/mol. The molecule has 1 heterocycles. The SMILES string of the molecule is C=CCN1C(=O)[C@H](NC(N)=O)Cc2ccc(F)c(Oc3cc(F)ccc3Cl)c21. The summed E-state index contributed by atoms with van der Waals surface area (Å²) >= 11 is 6.02. The monoisotopic (exact) mass is 407 g/mol. The van der Waals surface area contributed by atoms with Gasteiger partial charge in [-0.3, -0.25) is 4.79 Å². The topological polar surface area (TPSA) is 84.7 Å². The first-order valence-electron chi connectivity index (χ1n) is 8.24. The lowest BCUT2D eigenvalue weighted by Gasteiger charge is -2.34. The molecule has 0 aliphatic carbocycles. The minimum atomic E-state index is -0.916. The molecule has 0 spiro atoms. The summed E-state index contributed by atoms with van der Waals surface area (Å²) in [5, 5.41) is 2.44. The number of nitrogens with two attached hydrogens (primary N) is 1. The number of halogens is 3. The summed E-state index contributed by atoms with van der Waals surface area (Å²) in [5.41, 5.74) is 5.83. The number of urea groups is 1. The largest absolute Gasteiger partial charge is 0.450 e. The molecule has 1 aliphatic rings. The Morgan fingerprint density at radius 1 is 1.39 bits per heavy atom. The standard InChI is InChI=1S/C19H16ClF2N3O3/c1-2-7-25-16-10(8-14(18(25)26)24-19(23)27)3-6-13(22)17(16)28-15-9-11(21)4-5-12(15)20/h2-6,9,14H,1,7-8H2,(H3,23,24,27)/t14-/m1/s1. The molecule has 3 rings (SSSR count). The summed E-state index contributed by atoms with van der Waals surface area (Å²) in [6, 6.07) is 4.29. The van der Waals surface area contributed by atoms with Crippen LogP contribution in [-0.4, -0.2) is 24.5 Å². The van der Waals surface area contributed by atoms with E-state index in [0.29, 0.717) is 5.56 Å². The second-order valence-corrected chi connectivity index (χ2v) is 6.47. The number of nitrogens with one attached hydrogen (secondary N) is 1. The molecule has 28 heavy (non-hydrogen) atoms. The molecule has 0 saturated carbocycles. The van der Waals surface area contributed by atoms with Crippen LogP contribution in [-0.2, 0) is 11.2 Å². The van der Waals surface area contributed by atoms with Gasteiger partial charge in [-0.15, -0.1) is 6.58 Å². The second-order valence-electron chi connectivity index (χ2n) is 6.06. The van der Waals surface area contributed by atoms with E-state index in [-0.39, 0.29) is 35.2 Å². The molecule has 2 aromatic carbocycles. The van der Waals surface area contributed by atoms with Gasteiger partial charge in [0, 0.05) is 19.0 Å². The van der Waals surface area contributed by atoms with E-state index in [9.17, 15) is 18.4 Å². The van der Waals surface area contributed by atoms with Crippen LogP contribution in [0.4, 0.5) is 19.3 Å². The van der Waals surface area contributed by atoms with Crippen molar-refractivity contribution in [2.24, 2.45) is 5.73 Å². The summed E-state index contributed by atoms with van der Waals surface area (Å²) in [7, 11) is 0. The molecule has 0 radical (unpaired) electrons. The van der Waals surface area contributed by atoms with Gasteiger partial charge in [0.05, 0.1) is 10.7 Å². The van der Waals surface area contributed by atoms with E-state index >= 15 is 0 Å². The van der Waals surface area contributed by atoms with Crippen LogP contribution in [0, 0.1) is 11.6 Å². The molecule has 146 valence electrons. The number of nitrogens with zero attached hydrogens (tertiary/aromatic N) is 1. The van der Waals surface area contributed by atoms with Gasteiger partial charge in [-0.25, -0.2) is 13.6 Å². The lowest BCUT2D eigenvalue weighted by molar-refractivity contribution is -0.120. The number of anilines is 1. The highest BCUT2D eigenvalue weighted by molar-refractivity contribution is 6.32. The number of carbonyl (C=O) groups is 2. The van der Waals surface area contributed by atoms with Gasteiger partial charge in [0.1, 0.15) is 17.6 Å². The zero-order valence-electron chi connectivity index (χ0n) is 14.5. The van der Waals surface area contributed by atoms with Gasteiger partial charge in [-0.1, -0.05) is 23.7 Å². The van der Waals surface area contributed by atoms with Crippen molar-refractivity contribution in [3.8, 4) is 11.5 Å². The molecule has 6 nitrogen and oxygen atoms in total. The van der Waals surface area contributed by atoms with Crippen LogP contribution < -0.4 is 20.7 Å². The molecule has 3 amide bonds. The van der Waals surface area contributed by atoms with Gasteiger partial charge >= 0.3 is 6.03 Å². The Hall–Kier alpha value is -3.13. The van der Waals surface area contributed by atoms with Gasteiger partial charge in [0.15, 0.2) is 11.6 Å². The molecule has 2 aromatic rings. The Balaban J connectivity index is 2.11. The Morgan fingerprint density at radius 2 is 2.14 bits per heavy atom. The van der Waals surface area contributed by atoms with Crippen LogP contribution in [0.1, 0.15) is 5.56 Å². The first kappa shape index (κ1) is 19.6. The zero-order chi connectivity index (χ0) is 20.4. The normalized spacial score (nSPS) is 15.8. The van der Waals surface area contributed by atoms with Crippen LogP contribution in [0.25, 0.3) is 0 Å². The molecule has 0 saturated heterocycles. The Kier molecular flexibility index (Phi) is 5.51. The molecule has 1 atom stereocenters. The number of ether oxygens (including phenoxy) is 1. The van der Waals surface area contributed by atoms with Crippen molar-refractivity contribution in [1.29, 1.82) is 0 Å². The van der Waals surface area contributed by atoms with E-state index in [1.54, 1.807) is 0 Å². The minimum Gasteiger partial charge on any atom is -0.450 e. The van der Waals surface area contributed by atoms with Crippen molar-refractivity contribution in [2.75, 3.05) is 11.4 Å². The van der Waals surface area contributed by atoms with Crippen LogP contribution >= 0.6 is 11.6 Å². The number of rotatable bonds is 5. The number of hydrogen-bond acceptors (Lipinski definition) is 3. The molecule has 0 bridgehead atoms. The van der Waals surface area contributed by atoms with Crippen molar-refractivity contribution >= 4 is 29.2 Å². The second kappa shape index (κ2) is 7.85. The van der Waals surface area contributed by atoms with E-state index in [1.165, 1.54) is 23.1 Å². The molecule has 0 aromatic heterocycles. The summed E-state index contributed by atoms with van der Waals surface area (Å²) in [6.07, 6.45) is 1.52. The molecular formula is C19H16ClF2N3O3. The third kappa shape index (κ3) is 3.77. The lowest BCUT2D eigenvalue weighted by Crippen LogP contribution is -2.54. The summed E-state index contributed by atoms with van der Waals surface area (Å²) in [5.74, 6) is -2.27. The summed E-state index contributed by atoms with van der Waals surface area (Å²) in [6.45, 7) is 3.63. The molecule has 0 unspecified atom stereocenters. The van der Waals surface area contributed by atoms with Gasteiger partial charge < -0.3 is 20.7 Å². The Morgan fingerprint density at radius 3 is 2.82 bits per heavy atom. The van der Waals surface area contributed by atoms with E-state index in [2.05, 4.69) is 11.9 Å². The highest BCUT2D eigenvalue weighted by Gasteiger charge is 2.36. The number of carbonyl (C=O) groups excluding carboxylic acids is 2.